The van der Waals surface area contributed by atoms with Crippen molar-refractivity contribution < 1.29 is 14.4 Å². The van der Waals surface area contributed by atoms with Crippen LogP contribution in [0, 0.1) is 0 Å². The van der Waals surface area contributed by atoms with E-state index < -0.39 is 17.8 Å². The third-order valence-corrected chi connectivity index (χ3v) is 4.88. The van der Waals surface area contributed by atoms with Gasteiger partial charge in [0.1, 0.15) is 5.57 Å². The standard InChI is InChI=1S/C19H17Cl2N3O3/c1-19(2,3)23-9-5-6-11(23)10-12-16(25)22-18(27)24(17(12)26)14-8-4-7-13(20)15(14)21/h4-10H,1-3H3,(H,22,25,27)/b12-10+. The van der Waals surface area contributed by atoms with Crippen molar-refractivity contribution in [1.82, 2.24) is 9.88 Å². The molecule has 0 spiro atoms. The molecule has 1 fully saturated rings. The number of barbiturate groups is 1. The average Bonchev–Trinajstić information content (AvgIpc) is 3.04. The summed E-state index contributed by atoms with van der Waals surface area (Å²) in [4.78, 5) is 38.4. The summed E-state index contributed by atoms with van der Waals surface area (Å²) in [6.45, 7) is 6.00. The highest BCUT2D eigenvalue weighted by atomic mass is 35.5. The van der Waals surface area contributed by atoms with Gasteiger partial charge in [-0.3, -0.25) is 14.9 Å². The lowest BCUT2D eigenvalue weighted by molar-refractivity contribution is -0.122. The molecule has 0 unspecified atom stereocenters. The number of anilines is 1. The minimum absolute atomic E-state index is 0.0504. The maximum Gasteiger partial charge on any atom is 0.336 e. The number of urea groups is 1. The van der Waals surface area contributed by atoms with Crippen LogP contribution in [0.3, 0.4) is 0 Å². The highest BCUT2D eigenvalue weighted by Crippen LogP contribution is 2.34. The number of carbonyl (C=O) groups is 3. The molecule has 2 aromatic rings. The summed E-state index contributed by atoms with van der Waals surface area (Å²) < 4.78 is 1.92. The molecule has 0 atom stereocenters. The van der Waals surface area contributed by atoms with Crippen LogP contribution in [-0.2, 0) is 15.1 Å². The topological polar surface area (TPSA) is 71.4 Å². The van der Waals surface area contributed by atoms with Crippen LogP contribution in [0.5, 0.6) is 0 Å². The van der Waals surface area contributed by atoms with Crippen molar-refractivity contribution in [2.24, 2.45) is 0 Å². The van der Waals surface area contributed by atoms with Gasteiger partial charge in [-0.2, -0.15) is 0 Å². The van der Waals surface area contributed by atoms with Gasteiger partial charge in [0.15, 0.2) is 0 Å². The lowest BCUT2D eigenvalue weighted by atomic mass is 10.1. The Morgan fingerprint density at radius 1 is 1.04 bits per heavy atom. The molecule has 1 aliphatic rings. The van der Waals surface area contributed by atoms with Gasteiger partial charge < -0.3 is 4.57 Å². The lowest BCUT2D eigenvalue weighted by Gasteiger charge is -2.28. The Morgan fingerprint density at radius 2 is 1.74 bits per heavy atom. The smallest absolute Gasteiger partial charge is 0.336 e. The molecule has 8 heteroatoms. The predicted molar refractivity (Wildman–Crippen MR) is 105 cm³/mol. The lowest BCUT2D eigenvalue weighted by Crippen LogP contribution is -2.54. The Balaban J connectivity index is 2.09. The van der Waals surface area contributed by atoms with E-state index in [9.17, 15) is 14.4 Å². The molecule has 0 aliphatic carbocycles. The van der Waals surface area contributed by atoms with Gasteiger partial charge in [-0.1, -0.05) is 29.3 Å². The Hall–Kier alpha value is -2.57. The van der Waals surface area contributed by atoms with Gasteiger partial charge in [0, 0.05) is 17.4 Å². The number of amides is 4. The van der Waals surface area contributed by atoms with E-state index in [1.54, 1.807) is 12.1 Å². The van der Waals surface area contributed by atoms with Crippen molar-refractivity contribution in [2.45, 2.75) is 26.3 Å². The van der Waals surface area contributed by atoms with Gasteiger partial charge in [-0.15, -0.1) is 0 Å². The van der Waals surface area contributed by atoms with Crippen molar-refractivity contribution >= 4 is 52.8 Å². The molecular weight excluding hydrogens is 389 g/mol. The Kier molecular flexibility index (Phi) is 4.88. The summed E-state index contributed by atoms with van der Waals surface area (Å²) in [6.07, 6.45) is 3.31. The molecule has 1 saturated heterocycles. The largest absolute Gasteiger partial charge is 0.343 e. The van der Waals surface area contributed by atoms with E-state index in [0.29, 0.717) is 5.69 Å². The number of hydrogen-bond acceptors (Lipinski definition) is 3. The highest BCUT2D eigenvalue weighted by Gasteiger charge is 2.38. The maximum absolute atomic E-state index is 13.0. The Labute approximate surface area is 166 Å². The number of imide groups is 2. The number of nitrogens with one attached hydrogen (secondary N) is 1. The van der Waals surface area contributed by atoms with Crippen molar-refractivity contribution in [3.05, 3.63) is 57.8 Å². The van der Waals surface area contributed by atoms with Crippen LogP contribution in [0.4, 0.5) is 10.5 Å². The number of aromatic nitrogens is 1. The van der Waals surface area contributed by atoms with Gasteiger partial charge >= 0.3 is 6.03 Å². The van der Waals surface area contributed by atoms with E-state index in [2.05, 4.69) is 5.32 Å². The zero-order chi connectivity index (χ0) is 19.9. The van der Waals surface area contributed by atoms with Crippen LogP contribution < -0.4 is 10.2 Å². The molecular formula is C19H17Cl2N3O3. The Bertz CT molecular complexity index is 986. The fourth-order valence-electron chi connectivity index (χ4n) is 2.81. The molecule has 1 aromatic carbocycles. The minimum atomic E-state index is -0.877. The van der Waals surface area contributed by atoms with Crippen LogP contribution in [0.2, 0.25) is 10.0 Å². The van der Waals surface area contributed by atoms with E-state index in [1.807, 2.05) is 37.6 Å². The zero-order valence-corrected chi connectivity index (χ0v) is 16.4. The zero-order valence-electron chi connectivity index (χ0n) is 14.9. The first kappa shape index (κ1) is 19.2. The molecule has 1 N–H and O–H groups in total. The predicted octanol–water partition coefficient (Wildman–Crippen LogP) is 4.22. The molecule has 0 saturated carbocycles. The number of nitrogens with zero attached hydrogens (tertiary/aromatic N) is 2. The number of rotatable bonds is 2. The van der Waals surface area contributed by atoms with Crippen LogP contribution in [-0.4, -0.2) is 22.4 Å². The summed E-state index contributed by atoms with van der Waals surface area (Å²) in [5.74, 6) is -1.53. The van der Waals surface area contributed by atoms with Crippen LogP contribution >= 0.6 is 23.2 Å². The van der Waals surface area contributed by atoms with Gasteiger partial charge in [-0.05, 0) is 51.1 Å². The molecule has 6 nitrogen and oxygen atoms in total. The Morgan fingerprint density at radius 3 is 2.41 bits per heavy atom. The fraction of sp³-hybridized carbons (Fsp3) is 0.211. The first-order valence-electron chi connectivity index (χ1n) is 8.14. The van der Waals surface area contributed by atoms with Crippen molar-refractivity contribution in [3.8, 4) is 0 Å². The molecule has 0 radical (unpaired) electrons. The second kappa shape index (κ2) is 6.87. The van der Waals surface area contributed by atoms with Gasteiger partial charge in [-0.25, -0.2) is 9.69 Å². The summed E-state index contributed by atoms with van der Waals surface area (Å²) in [5, 5.41) is 2.42. The number of halogens is 2. The second-order valence-corrected chi connectivity index (χ2v) is 7.79. The van der Waals surface area contributed by atoms with Crippen LogP contribution in [0.15, 0.2) is 42.1 Å². The van der Waals surface area contributed by atoms with Gasteiger partial charge in [0.25, 0.3) is 11.8 Å². The maximum atomic E-state index is 13.0. The van der Waals surface area contributed by atoms with Crippen molar-refractivity contribution in [2.75, 3.05) is 4.90 Å². The molecule has 27 heavy (non-hydrogen) atoms. The number of carbonyl (C=O) groups excluding carboxylic acids is 3. The SMILES string of the molecule is CC(C)(C)n1cccc1/C=C1\C(=O)NC(=O)N(c2cccc(Cl)c2Cl)C1=O. The molecule has 140 valence electrons. The van der Waals surface area contributed by atoms with Crippen LogP contribution in [0.1, 0.15) is 26.5 Å². The number of benzene rings is 1. The first-order valence-corrected chi connectivity index (χ1v) is 8.90. The monoisotopic (exact) mass is 405 g/mol. The number of hydrogen-bond donors (Lipinski definition) is 1. The van der Waals surface area contributed by atoms with E-state index in [4.69, 9.17) is 23.2 Å². The summed E-state index contributed by atoms with van der Waals surface area (Å²) >= 11 is 12.1. The third-order valence-electron chi connectivity index (χ3n) is 4.07. The third kappa shape index (κ3) is 3.50. The summed E-state index contributed by atoms with van der Waals surface area (Å²) in [7, 11) is 0. The minimum Gasteiger partial charge on any atom is -0.343 e. The van der Waals surface area contributed by atoms with E-state index >= 15 is 0 Å². The fourth-order valence-corrected chi connectivity index (χ4v) is 3.19. The quantitative estimate of drug-likeness (QED) is 0.600. The molecule has 1 aliphatic heterocycles. The molecule has 4 amide bonds. The average molecular weight is 406 g/mol. The van der Waals surface area contributed by atoms with Crippen LogP contribution in [0.25, 0.3) is 6.08 Å². The van der Waals surface area contributed by atoms with E-state index in [0.717, 1.165) is 4.90 Å². The van der Waals surface area contributed by atoms with Gasteiger partial charge in [0.05, 0.1) is 15.7 Å². The summed E-state index contributed by atoms with van der Waals surface area (Å²) in [6, 6.07) is 7.31. The van der Waals surface area contributed by atoms with E-state index in [-0.39, 0.29) is 26.8 Å². The van der Waals surface area contributed by atoms with E-state index in [1.165, 1.54) is 18.2 Å². The second-order valence-electron chi connectivity index (χ2n) is 7.00. The molecule has 0 bridgehead atoms. The molecule has 3 rings (SSSR count). The van der Waals surface area contributed by atoms with Crippen molar-refractivity contribution in [1.29, 1.82) is 0 Å². The van der Waals surface area contributed by atoms with Gasteiger partial charge in [0.2, 0.25) is 0 Å². The van der Waals surface area contributed by atoms with Crippen molar-refractivity contribution in [3.63, 3.8) is 0 Å². The first-order chi connectivity index (χ1) is 12.6. The normalized spacial score (nSPS) is 16.9. The highest BCUT2D eigenvalue weighted by molar-refractivity contribution is 6.46. The molecule has 1 aromatic heterocycles. The molecule has 2 heterocycles. The summed E-state index contributed by atoms with van der Waals surface area (Å²) in [5.41, 5.74) is 0.342.